The van der Waals surface area contributed by atoms with Gasteiger partial charge in [0.25, 0.3) is 0 Å². The van der Waals surface area contributed by atoms with Gasteiger partial charge in [-0.25, -0.2) is 4.98 Å². The molecule has 0 bridgehead atoms. The van der Waals surface area contributed by atoms with E-state index in [0.717, 1.165) is 27.0 Å². The molecule has 1 atom stereocenters. The van der Waals surface area contributed by atoms with Crippen molar-refractivity contribution < 1.29 is 5.11 Å². The van der Waals surface area contributed by atoms with Crippen LogP contribution in [0.25, 0.3) is 10.2 Å². The third-order valence-corrected chi connectivity index (χ3v) is 4.57. The van der Waals surface area contributed by atoms with E-state index in [0.29, 0.717) is 5.02 Å². The number of nitrogens with zero attached hydrogens (tertiary/aromatic N) is 1. The first kappa shape index (κ1) is 14.2. The van der Waals surface area contributed by atoms with Gasteiger partial charge in [0.2, 0.25) is 0 Å². The fourth-order valence-electron chi connectivity index (χ4n) is 2.36. The quantitative estimate of drug-likeness (QED) is 0.703. The largest absolute Gasteiger partial charge is 0.508 e. The summed E-state index contributed by atoms with van der Waals surface area (Å²) < 4.78 is 1.09. The summed E-state index contributed by atoms with van der Waals surface area (Å²) in [6.07, 6.45) is 0. The summed E-state index contributed by atoms with van der Waals surface area (Å²) in [6.45, 7) is 4.00. The molecule has 2 N–H and O–H groups in total. The molecule has 0 aliphatic carbocycles. The number of aromatic hydroxyl groups is 1. The smallest absolute Gasteiger partial charge is 0.120 e. The van der Waals surface area contributed by atoms with Crippen molar-refractivity contribution in [2.45, 2.75) is 19.9 Å². The Kier molecular flexibility index (Phi) is 3.74. The number of phenolic OH excluding ortho intramolecular Hbond substituents is 1. The zero-order valence-electron chi connectivity index (χ0n) is 11.7. The summed E-state index contributed by atoms with van der Waals surface area (Å²) in [5, 5.41) is 14.0. The minimum Gasteiger partial charge on any atom is -0.508 e. The molecular formula is C16H15ClN2OS. The molecule has 5 heteroatoms. The molecule has 108 valence electrons. The Labute approximate surface area is 132 Å². The Hall–Kier alpha value is -1.78. The lowest BCUT2D eigenvalue weighted by Gasteiger charge is -2.18. The first-order valence-electron chi connectivity index (χ1n) is 6.64. The van der Waals surface area contributed by atoms with E-state index in [-0.39, 0.29) is 11.8 Å². The Morgan fingerprint density at radius 3 is 2.90 bits per heavy atom. The van der Waals surface area contributed by atoms with Crippen molar-refractivity contribution in [3.05, 3.63) is 52.0 Å². The lowest BCUT2D eigenvalue weighted by molar-refractivity contribution is 0.465. The number of benzene rings is 2. The van der Waals surface area contributed by atoms with Crippen molar-refractivity contribution in [2.75, 3.05) is 5.32 Å². The summed E-state index contributed by atoms with van der Waals surface area (Å²) in [6, 6.07) is 9.34. The molecule has 1 heterocycles. The van der Waals surface area contributed by atoms with Crippen molar-refractivity contribution in [3.63, 3.8) is 0 Å². The molecule has 1 unspecified atom stereocenters. The van der Waals surface area contributed by atoms with Crippen LogP contribution in [0.2, 0.25) is 5.02 Å². The molecule has 0 saturated carbocycles. The first-order chi connectivity index (χ1) is 10.1. The van der Waals surface area contributed by atoms with E-state index >= 15 is 0 Å². The highest BCUT2D eigenvalue weighted by atomic mass is 35.5. The number of phenols is 1. The number of anilines is 1. The Balaban J connectivity index is 2.00. The van der Waals surface area contributed by atoms with Crippen molar-refractivity contribution >= 4 is 38.8 Å². The van der Waals surface area contributed by atoms with Crippen LogP contribution in [-0.4, -0.2) is 10.1 Å². The average Bonchev–Trinajstić information content (AvgIpc) is 2.93. The van der Waals surface area contributed by atoms with Crippen LogP contribution in [0.4, 0.5) is 5.69 Å². The van der Waals surface area contributed by atoms with Crippen molar-refractivity contribution in [1.82, 2.24) is 4.98 Å². The van der Waals surface area contributed by atoms with Crippen molar-refractivity contribution in [1.29, 1.82) is 0 Å². The van der Waals surface area contributed by atoms with Gasteiger partial charge in [0.15, 0.2) is 0 Å². The number of halogens is 1. The van der Waals surface area contributed by atoms with Crippen molar-refractivity contribution in [2.24, 2.45) is 0 Å². The lowest BCUT2D eigenvalue weighted by atomic mass is 10.0. The van der Waals surface area contributed by atoms with Gasteiger partial charge in [0, 0.05) is 5.56 Å². The highest BCUT2D eigenvalue weighted by Gasteiger charge is 2.15. The van der Waals surface area contributed by atoms with E-state index in [1.807, 2.05) is 38.1 Å². The maximum atomic E-state index is 10.0. The summed E-state index contributed by atoms with van der Waals surface area (Å²) >= 11 is 7.88. The van der Waals surface area contributed by atoms with Gasteiger partial charge >= 0.3 is 0 Å². The maximum Gasteiger partial charge on any atom is 0.120 e. The molecule has 0 aliphatic rings. The Morgan fingerprint density at radius 1 is 1.29 bits per heavy atom. The molecule has 21 heavy (non-hydrogen) atoms. The van der Waals surface area contributed by atoms with E-state index in [1.165, 1.54) is 0 Å². The van der Waals surface area contributed by atoms with Crippen LogP contribution in [0, 0.1) is 6.92 Å². The fraction of sp³-hybridized carbons (Fsp3) is 0.188. The van der Waals surface area contributed by atoms with Gasteiger partial charge in [-0.05, 0) is 32.0 Å². The van der Waals surface area contributed by atoms with Crippen molar-refractivity contribution in [3.8, 4) is 5.75 Å². The second-order valence-corrected chi connectivity index (χ2v) is 6.34. The number of aryl methyl sites for hydroxylation is 1. The Bertz CT molecular complexity index is 800. The number of hydrogen-bond donors (Lipinski definition) is 2. The molecule has 0 radical (unpaired) electrons. The van der Waals surface area contributed by atoms with Crippen LogP contribution in [0.15, 0.2) is 35.8 Å². The molecule has 3 nitrogen and oxygen atoms in total. The molecule has 0 amide bonds. The van der Waals surface area contributed by atoms with Gasteiger partial charge in [-0.2, -0.15) is 0 Å². The molecule has 0 fully saturated rings. The summed E-state index contributed by atoms with van der Waals surface area (Å²) in [5.74, 6) is 0.280. The van der Waals surface area contributed by atoms with Crippen LogP contribution >= 0.6 is 22.9 Å². The molecular weight excluding hydrogens is 304 g/mol. The third-order valence-electron chi connectivity index (χ3n) is 3.46. The average molecular weight is 319 g/mol. The molecule has 0 spiro atoms. The lowest BCUT2D eigenvalue weighted by Crippen LogP contribution is -2.08. The number of rotatable bonds is 3. The number of aromatic nitrogens is 1. The normalized spacial score (nSPS) is 12.5. The fourth-order valence-corrected chi connectivity index (χ4v) is 3.25. The van der Waals surface area contributed by atoms with Gasteiger partial charge in [-0.1, -0.05) is 29.3 Å². The van der Waals surface area contributed by atoms with E-state index in [1.54, 1.807) is 22.9 Å². The summed E-state index contributed by atoms with van der Waals surface area (Å²) in [5.41, 5.74) is 5.43. The van der Waals surface area contributed by atoms with Gasteiger partial charge in [-0.15, -0.1) is 11.3 Å². The molecule has 2 aromatic carbocycles. The minimum absolute atomic E-state index is 0.0744. The van der Waals surface area contributed by atoms with Crippen LogP contribution in [0.1, 0.15) is 24.1 Å². The van der Waals surface area contributed by atoms with Gasteiger partial charge < -0.3 is 10.4 Å². The van der Waals surface area contributed by atoms with Crippen LogP contribution < -0.4 is 5.32 Å². The SMILES string of the molecule is Cc1ccc(O)c(C(C)Nc2c(Cl)ccc3scnc23)c1. The second-order valence-electron chi connectivity index (χ2n) is 5.05. The van der Waals surface area contributed by atoms with Crippen LogP contribution in [0.3, 0.4) is 0 Å². The van der Waals surface area contributed by atoms with Gasteiger partial charge in [0.05, 0.1) is 27.0 Å². The molecule has 3 aromatic rings. The van der Waals surface area contributed by atoms with E-state index in [4.69, 9.17) is 11.6 Å². The Morgan fingerprint density at radius 2 is 2.10 bits per heavy atom. The topological polar surface area (TPSA) is 45.1 Å². The zero-order valence-corrected chi connectivity index (χ0v) is 13.3. The second kappa shape index (κ2) is 5.54. The summed E-state index contributed by atoms with van der Waals surface area (Å²) in [7, 11) is 0. The third kappa shape index (κ3) is 2.69. The van der Waals surface area contributed by atoms with Gasteiger partial charge in [0.1, 0.15) is 11.3 Å². The van der Waals surface area contributed by atoms with Gasteiger partial charge in [-0.3, -0.25) is 0 Å². The highest BCUT2D eigenvalue weighted by Crippen LogP contribution is 2.36. The van der Waals surface area contributed by atoms with E-state index in [9.17, 15) is 5.11 Å². The minimum atomic E-state index is -0.0744. The monoisotopic (exact) mass is 318 g/mol. The summed E-state index contributed by atoms with van der Waals surface area (Å²) in [4.78, 5) is 4.38. The number of thiazole rings is 1. The molecule has 1 aromatic heterocycles. The van der Waals surface area contributed by atoms with Crippen LogP contribution in [0.5, 0.6) is 5.75 Å². The first-order valence-corrected chi connectivity index (χ1v) is 7.90. The zero-order chi connectivity index (χ0) is 15.0. The predicted molar refractivity (Wildman–Crippen MR) is 89.5 cm³/mol. The predicted octanol–water partition coefficient (Wildman–Crippen LogP) is 5.14. The standard InChI is InChI=1S/C16H15ClN2OS/c1-9-3-5-13(20)11(7-9)10(2)19-15-12(17)4-6-14-16(15)18-8-21-14/h3-8,10,19-20H,1-2H3. The number of nitrogens with one attached hydrogen (secondary N) is 1. The number of hydrogen-bond acceptors (Lipinski definition) is 4. The molecule has 0 aliphatic heterocycles. The maximum absolute atomic E-state index is 10.0. The van der Waals surface area contributed by atoms with E-state index < -0.39 is 0 Å². The van der Waals surface area contributed by atoms with Crippen LogP contribution in [-0.2, 0) is 0 Å². The van der Waals surface area contributed by atoms with E-state index in [2.05, 4.69) is 10.3 Å². The highest BCUT2D eigenvalue weighted by molar-refractivity contribution is 7.16. The molecule has 0 saturated heterocycles. The number of fused-ring (bicyclic) bond motifs is 1. The molecule has 3 rings (SSSR count).